The van der Waals surface area contributed by atoms with Crippen LogP contribution in [-0.4, -0.2) is 36.9 Å². The molecule has 1 aliphatic carbocycles. The van der Waals surface area contributed by atoms with Crippen LogP contribution in [0.5, 0.6) is 5.88 Å². The van der Waals surface area contributed by atoms with Gasteiger partial charge in [0.25, 0.3) is 5.89 Å². The van der Waals surface area contributed by atoms with E-state index in [1.54, 1.807) is 32.2 Å². The van der Waals surface area contributed by atoms with Gasteiger partial charge in [-0.3, -0.25) is 4.72 Å². The third-order valence-corrected chi connectivity index (χ3v) is 6.18. The molecule has 0 atom stereocenters. The summed E-state index contributed by atoms with van der Waals surface area (Å²) in [5.41, 5.74) is 3.31. The van der Waals surface area contributed by atoms with Gasteiger partial charge in [0.05, 0.1) is 24.1 Å². The predicted molar refractivity (Wildman–Crippen MR) is 119 cm³/mol. The number of ether oxygens (including phenoxy) is 1. The molecular weight excluding hydrogens is 440 g/mol. The van der Waals surface area contributed by atoms with Crippen LogP contribution < -0.4 is 9.46 Å². The van der Waals surface area contributed by atoms with E-state index in [1.807, 2.05) is 6.07 Å². The third kappa shape index (κ3) is 4.83. The first-order valence-corrected chi connectivity index (χ1v) is 12.2. The molecule has 8 nitrogen and oxygen atoms in total. The lowest BCUT2D eigenvalue weighted by Crippen LogP contribution is -2.11. The van der Waals surface area contributed by atoms with Crippen molar-refractivity contribution in [2.45, 2.75) is 38.5 Å². The van der Waals surface area contributed by atoms with Gasteiger partial charge in [0.1, 0.15) is 0 Å². The van der Waals surface area contributed by atoms with Gasteiger partial charge < -0.3 is 9.26 Å². The van der Waals surface area contributed by atoms with E-state index in [1.165, 1.54) is 12.8 Å². The molecule has 1 N–H and O–H groups in total. The second-order valence-corrected chi connectivity index (χ2v) is 9.91. The predicted octanol–water partition coefficient (Wildman–Crippen LogP) is 4.80. The monoisotopic (exact) mass is 462 g/mol. The standard InChI is InChI=1S/C21H23ClN4O4S/c1-12-8-14(9-16(22)19(12)26-31(3,27)28)20-24-21(30-25-20)15-10-17(13-6-4-5-7-13)23-18(11-15)29-2/h8-11,13,26H,4-7H2,1-3H3. The molecule has 164 valence electrons. The van der Waals surface area contributed by atoms with Crippen molar-refractivity contribution in [2.24, 2.45) is 0 Å². The second kappa shape index (κ2) is 8.47. The van der Waals surface area contributed by atoms with Crippen molar-refractivity contribution in [2.75, 3.05) is 18.1 Å². The van der Waals surface area contributed by atoms with Crippen molar-refractivity contribution >= 4 is 27.3 Å². The highest BCUT2D eigenvalue weighted by atomic mass is 35.5. The largest absolute Gasteiger partial charge is 0.481 e. The summed E-state index contributed by atoms with van der Waals surface area (Å²) in [5.74, 6) is 1.62. The quantitative estimate of drug-likeness (QED) is 0.560. The molecule has 1 aliphatic rings. The number of nitrogens with one attached hydrogen (secondary N) is 1. The van der Waals surface area contributed by atoms with E-state index in [0.717, 1.165) is 30.4 Å². The molecule has 1 saturated carbocycles. The van der Waals surface area contributed by atoms with Crippen molar-refractivity contribution in [3.63, 3.8) is 0 Å². The van der Waals surface area contributed by atoms with E-state index in [4.69, 9.17) is 20.9 Å². The highest BCUT2D eigenvalue weighted by Gasteiger charge is 2.22. The summed E-state index contributed by atoms with van der Waals surface area (Å²) >= 11 is 6.31. The minimum absolute atomic E-state index is 0.251. The van der Waals surface area contributed by atoms with Crippen LogP contribution >= 0.6 is 11.6 Å². The summed E-state index contributed by atoms with van der Waals surface area (Å²) < 4.78 is 36.5. The van der Waals surface area contributed by atoms with Crippen molar-refractivity contribution in [1.29, 1.82) is 0 Å². The maximum atomic E-state index is 11.6. The molecule has 31 heavy (non-hydrogen) atoms. The maximum absolute atomic E-state index is 11.6. The number of halogens is 1. The van der Waals surface area contributed by atoms with Crippen LogP contribution in [-0.2, 0) is 10.0 Å². The zero-order chi connectivity index (χ0) is 22.2. The smallest absolute Gasteiger partial charge is 0.258 e. The van der Waals surface area contributed by atoms with Crippen molar-refractivity contribution in [3.8, 4) is 28.7 Å². The van der Waals surface area contributed by atoms with Gasteiger partial charge in [0, 0.05) is 28.8 Å². The number of hydrogen-bond donors (Lipinski definition) is 1. The Balaban J connectivity index is 1.68. The van der Waals surface area contributed by atoms with E-state index in [-0.39, 0.29) is 5.02 Å². The maximum Gasteiger partial charge on any atom is 0.258 e. The van der Waals surface area contributed by atoms with Crippen LogP contribution in [0.15, 0.2) is 28.8 Å². The van der Waals surface area contributed by atoms with Gasteiger partial charge >= 0.3 is 0 Å². The molecule has 2 heterocycles. The lowest BCUT2D eigenvalue weighted by molar-refractivity contribution is 0.394. The fraction of sp³-hybridized carbons (Fsp3) is 0.381. The van der Waals surface area contributed by atoms with Gasteiger partial charge in [0.15, 0.2) is 0 Å². The van der Waals surface area contributed by atoms with Gasteiger partial charge in [0.2, 0.25) is 21.7 Å². The van der Waals surface area contributed by atoms with E-state index in [2.05, 4.69) is 19.8 Å². The first-order chi connectivity index (χ1) is 14.7. The number of methoxy groups -OCH3 is 1. The van der Waals surface area contributed by atoms with E-state index < -0.39 is 10.0 Å². The molecule has 3 aromatic rings. The zero-order valence-corrected chi connectivity index (χ0v) is 19.0. The van der Waals surface area contributed by atoms with Gasteiger partial charge in [-0.25, -0.2) is 13.4 Å². The minimum Gasteiger partial charge on any atom is -0.481 e. The Bertz CT molecular complexity index is 1200. The van der Waals surface area contributed by atoms with Crippen molar-refractivity contribution < 1.29 is 17.7 Å². The van der Waals surface area contributed by atoms with E-state index in [0.29, 0.717) is 40.3 Å². The minimum atomic E-state index is -3.45. The lowest BCUT2D eigenvalue weighted by Gasteiger charge is -2.11. The fourth-order valence-corrected chi connectivity index (χ4v) is 4.84. The molecule has 0 aliphatic heterocycles. The number of pyridine rings is 1. The Morgan fingerprint density at radius 2 is 1.87 bits per heavy atom. The van der Waals surface area contributed by atoms with Gasteiger partial charge in [-0.15, -0.1) is 0 Å². The summed E-state index contributed by atoms with van der Waals surface area (Å²) in [5, 5.41) is 4.34. The Labute approximate surface area is 186 Å². The number of rotatable bonds is 6. The Hall–Kier alpha value is -2.65. The molecule has 0 unspecified atom stereocenters. The summed E-state index contributed by atoms with van der Waals surface area (Å²) in [4.78, 5) is 9.12. The van der Waals surface area contributed by atoms with Crippen LogP contribution in [0.3, 0.4) is 0 Å². The number of anilines is 1. The number of nitrogens with zero attached hydrogens (tertiary/aromatic N) is 3. The SMILES string of the molecule is COc1cc(-c2nc(-c3cc(C)c(NS(C)(=O)=O)c(Cl)c3)no2)cc(C2CCCC2)n1. The van der Waals surface area contributed by atoms with Crippen LogP contribution in [0.1, 0.15) is 42.9 Å². The number of aryl methyl sites for hydroxylation is 1. The Morgan fingerprint density at radius 3 is 2.52 bits per heavy atom. The molecule has 1 aromatic carbocycles. The average Bonchev–Trinajstić information content (AvgIpc) is 3.41. The van der Waals surface area contributed by atoms with E-state index in [9.17, 15) is 8.42 Å². The van der Waals surface area contributed by atoms with Crippen molar-refractivity contribution in [1.82, 2.24) is 15.1 Å². The molecule has 1 fully saturated rings. The highest BCUT2D eigenvalue weighted by Crippen LogP contribution is 2.37. The number of benzene rings is 1. The second-order valence-electron chi connectivity index (χ2n) is 7.75. The molecular formula is C21H23ClN4O4S. The normalized spacial score (nSPS) is 14.7. The van der Waals surface area contributed by atoms with Gasteiger partial charge in [-0.05, 0) is 43.5 Å². The molecule has 4 rings (SSSR count). The summed E-state index contributed by atoms with van der Waals surface area (Å²) in [6.45, 7) is 1.76. The number of sulfonamides is 1. The number of hydrogen-bond acceptors (Lipinski definition) is 7. The molecule has 2 aromatic heterocycles. The van der Waals surface area contributed by atoms with Crippen LogP contribution in [0, 0.1) is 6.92 Å². The molecule has 0 amide bonds. The van der Waals surface area contributed by atoms with Crippen LogP contribution in [0.25, 0.3) is 22.8 Å². The van der Waals surface area contributed by atoms with Crippen molar-refractivity contribution in [3.05, 3.63) is 40.5 Å². The molecule has 0 saturated heterocycles. The first-order valence-electron chi connectivity index (χ1n) is 9.92. The zero-order valence-electron chi connectivity index (χ0n) is 17.5. The highest BCUT2D eigenvalue weighted by molar-refractivity contribution is 7.92. The van der Waals surface area contributed by atoms with Crippen LogP contribution in [0.4, 0.5) is 5.69 Å². The summed E-state index contributed by atoms with van der Waals surface area (Å²) in [6.07, 6.45) is 5.70. The van der Waals surface area contributed by atoms with E-state index >= 15 is 0 Å². The molecule has 0 spiro atoms. The lowest BCUT2D eigenvalue weighted by atomic mass is 10.0. The summed E-state index contributed by atoms with van der Waals surface area (Å²) in [7, 11) is -1.87. The Kier molecular flexibility index (Phi) is 5.90. The van der Waals surface area contributed by atoms with Crippen LogP contribution in [0.2, 0.25) is 5.02 Å². The Morgan fingerprint density at radius 1 is 1.13 bits per heavy atom. The number of aromatic nitrogens is 3. The van der Waals surface area contributed by atoms with Gasteiger partial charge in [-0.2, -0.15) is 4.98 Å². The fourth-order valence-electron chi connectivity index (χ4n) is 3.83. The molecule has 0 radical (unpaired) electrons. The molecule has 0 bridgehead atoms. The summed E-state index contributed by atoms with van der Waals surface area (Å²) in [6, 6.07) is 7.11. The topological polar surface area (TPSA) is 107 Å². The average molecular weight is 463 g/mol. The first kappa shape index (κ1) is 21.6. The van der Waals surface area contributed by atoms with Gasteiger partial charge in [-0.1, -0.05) is 29.6 Å². The molecule has 10 heteroatoms. The third-order valence-electron chi connectivity index (χ3n) is 5.31.